The van der Waals surface area contributed by atoms with Crippen LogP contribution in [0.5, 0.6) is 11.5 Å². The quantitative estimate of drug-likeness (QED) is 0.0627. The first-order valence-corrected chi connectivity index (χ1v) is 19.1. The van der Waals surface area contributed by atoms with Crippen molar-refractivity contribution in [3.05, 3.63) is 65.9 Å². The van der Waals surface area contributed by atoms with Crippen molar-refractivity contribution in [2.45, 2.75) is 88.8 Å². The molecule has 2 aromatic carbocycles. The van der Waals surface area contributed by atoms with Crippen molar-refractivity contribution < 1.29 is 53.1 Å². The predicted octanol–water partition coefficient (Wildman–Crippen LogP) is 0.804. The third kappa shape index (κ3) is 11.9. The Morgan fingerprint density at radius 3 is 2.33 bits per heavy atom. The molecule has 1 aliphatic carbocycles. The van der Waals surface area contributed by atoms with Crippen molar-refractivity contribution in [3.63, 3.8) is 0 Å². The monoisotopic (exact) mass is 792 g/mol. The van der Waals surface area contributed by atoms with E-state index >= 15 is 0 Å². The number of ketones is 1. The third-order valence-electron chi connectivity index (χ3n) is 9.88. The molecule has 5 rings (SSSR count). The van der Waals surface area contributed by atoms with Crippen molar-refractivity contribution >= 4 is 41.0 Å². The average molecular weight is 793 g/mol. The van der Waals surface area contributed by atoms with Crippen LogP contribution in [0.4, 0.5) is 0 Å². The second-order valence-corrected chi connectivity index (χ2v) is 14.8. The zero-order valence-electron chi connectivity index (χ0n) is 32.1. The molecule has 2 aliphatic heterocycles. The Morgan fingerprint density at radius 2 is 1.63 bits per heavy atom. The number of benzene rings is 2. The third-order valence-corrected chi connectivity index (χ3v) is 9.88. The summed E-state index contributed by atoms with van der Waals surface area (Å²) in [5, 5.41) is 28.8. The van der Waals surface area contributed by atoms with E-state index in [0.717, 1.165) is 5.56 Å². The standard InChI is InChI=1S/C40H52N6O11/c1-22(2)15-28(37(50)45-27(39(52)53)9-6-12-43-40(41)42)46-38(51)29(16-23-7-4-3-5-8-23)44-34(48)21-56-25-18-30(47)35-33(19-25)57-20-26(36(35)49)24-10-11-31-32(17-24)55-14-13-54-31/h3-5,7-8,10-11,17,20,22,25,27-30,33,35,47H,6,9,12-16,18-19,21H2,1-2H3,(H,44,48)(H,45,50)(H,46,51)(H,52,53)(H4,41,42,43)/t25?,27-,28-,29-,30?,33?,35?/m1/s1. The van der Waals surface area contributed by atoms with Crippen LogP contribution in [-0.2, 0) is 39.9 Å². The number of rotatable bonds is 18. The Bertz CT molecular complexity index is 1820. The smallest absolute Gasteiger partial charge is 0.326 e. The molecule has 0 spiro atoms. The Morgan fingerprint density at radius 1 is 0.930 bits per heavy atom. The lowest BCUT2D eigenvalue weighted by atomic mass is 9.76. The van der Waals surface area contributed by atoms with Gasteiger partial charge in [0.1, 0.15) is 44.1 Å². The van der Waals surface area contributed by atoms with Crippen LogP contribution in [0, 0.1) is 11.8 Å². The van der Waals surface area contributed by atoms with E-state index in [-0.39, 0.29) is 62.7 Å². The number of aliphatic carboxylic acids is 1. The second-order valence-electron chi connectivity index (χ2n) is 14.8. The maximum absolute atomic E-state index is 13.8. The zero-order valence-corrected chi connectivity index (χ0v) is 32.1. The summed E-state index contributed by atoms with van der Waals surface area (Å²) in [7, 11) is 0. The fourth-order valence-corrected chi connectivity index (χ4v) is 7.10. The second kappa shape index (κ2) is 20.0. The highest BCUT2D eigenvalue weighted by molar-refractivity contribution is 6.22. The fraction of sp³-hybridized carbons (Fsp3) is 0.500. The predicted molar refractivity (Wildman–Crippen MR) is 207 cm³/mol. The summed E-state index contributed by atoms with van der Waals surface area (Å²) in [5.41, 5.74) is 12.3. The highest BCUT2D eigenvalue weighted by atomic mass is 16.6. The summed E-state index contributed by atoms with van der Waals surface area (Å²) >= 11 is 0. The number of nitrogens with one attached hydrogen (secondary N) is 3. The Hall–Kier alpha value is -5.68. The Labute approximate surface area is 330 Å². The molecule has 0 radical (unpaired) electrons. The molecule has 17 nitrogen and oxygen atoms in total. The average Bonchev–Trinajstić information content (AvgIpc) is 3.17. The molecule has 7 atom stereocenters. The van der Waals surface area contributed by atoms with Crippen molar-refractivity contribution in [3.8, 4) is 11.5 Å². The maximum Gasteiger partial charge on any atom is 0.326 e. The van der Waals surface area contributed by atoms with Gasteiger partial charge >= 0.3 is 5.97 Å². The minimum atomic E-state index is -1.25. The molecule has 308 valence electrons. The van der Waals surface area contributed by atoms with E-state index in [4.69, 9.17) is 30.4 Å². The minimum Gasteiger partial charge on any atom is -0.496 e. The zero-order chi connectivity index (χ0) is 41.1. The van der Waals surface area contributed by atoms with Gasteiger partial charge in [-0.25, -0.2) is 4.79 Å². The summed E-state index contributed by atoms with van der Waals surface area (Å²) in [6, 6.07) is 10.7. The van der Waals surface area contributed by atoms with E-state index in [1.807, 2.05) is 19.9 Å². The van der Waals surface area contributed by atoms with Gasteiger partial charge in [0.15, 0.2) is 23.2 Å². The number of allylic oxidation sites excluding steroid dienone is 1. The van der Waals surface area contributed by atoms with Crippen LogP contribution in [0.3, 0.4) is 0 Å². The van der Waals surface area contributed by atoms with Crippen LogP contribution in [0.15, 0.2) is 59.8 Å². The van der Waals surface area contributed by atoms with Crippen molar-refractivity contribution in [1.82, 2.24) is 16.0 Å². The Kier molecular flexibility index (Phi) is 14.9. The number of fused-ring (bicyclic) bond motifs is 2. The topological polar surface area (TPSA) is 263 Å². The molecule has 17 heteroatoms. The summed E-state index contributed by atoms with van der Waals surface area (Å²) in [6.45, 7) is 4.24. The van der Waals surface area contributed by atoms with Crippen LogP contribution < -0.4 is 36.9 Å². The molecular weight excluding hydrogens is 740 g/mol. The highest BCUT2D eigenvalue weighted by Crippen LogP contribution is 2.40. The summed E-state index contributed by atoms with van der Waals surface area (Å²) in [4.78, 5) is 69.9. The number of Topliss-reactive ketones (excluding diaryl/α,β-unsaturated/α-hetero) is 1. The normalized spacial score (nSPS) is 21.4. The number of aliphatic hydroxyl groups excluding tert-OH is 1. The molecule has 4 unspecified atom stereocenters. The lowest BCUT2D eigenvalue weighted by Gasteiger charge is -2.40. The molecule has 0 aromatic heterocycles. The first-order chi connectivity index (χ1) is 27.3. The first-order valence-electron chi connectivity index (χ1n) is 19.1. The number of nitrogens with zero attached hydrogens (tertiary/aromatic N) is 1. The van der Waals surface area contributed by atoms with Crippen molar-refractivity contribution in [2.24, 2.45) is 28.3 Å². The van der Waals surface area contributed by atoms with Crippen molar-refractivity contribution in [1.29, 1.82) is 0 Å². The number of carbonyl (C=O) groups is 5. The van der Waals surface area contributed by atoms with Gasteiger partial charge in [0, 0.05) is 25.8 Å². The molecule has 2 aromatic rings. The molecule has 0 saturated heterocycles. The number of hydrogen-bond donors (Lipinski definition) is 7. The molecule has 1 saturated carbocycles. The molecule has 1 fully saturated rings. The SMILES string of the molecule is CC(C)C[C@@H](NC(=O)[C@@H](Cc1ccccc1)NC(=O)COC1CC(O)C2C(=O)C(c3ccc4c(c3)OCCO4)=COC2C1)C(=O)N[C@H](CCCN=C(N)N)C(=O)O. The van der Waals surface area contributed by atoms with E-state index in [9.17, 15) is 34.2 Å². The number of aliphatic imine (C=N–C) groups is 1. The minimum absolute atomic E-state index is 0.0493. The largest absolute Gasteiger partial charge is 0.496 e. The number of guanidine groups is 1. The van der Waals surface area contributed by atoms with E-state index in [1.54, 1.807) is 42.5 Å². The van der Waals surface area contributed by atoms with Gasteiger partial charge in [0.2, 0.25) is 17.7 Å². The van der Waals surface area contributed by atoms with Gasteiger partial charge in [-0.2, -0.15) is 0 Å². The number of hydrogen-bond acceptors (Lipinski definition) is 11. The van der Waals surface area contributed by atoms with Gasteiger partial charge in [0.25, 0.3) is 0 Å². The molecule has 3 aliphatic rings. The molecule has 0 bridgehead atoms. The number of carboxylic acids is 1. The van der Waals surface area contributed by atoms with Crippen LogP contribution in [0.2, 0.25) is 0 Å². The van der Waals surface area contributed by atoms with Gasteiger partial charge in [0.05, 0.1) is 30.0 Å². The number of carboxylic acid groups (broad SMARTS) is 1. The summed E-state index contributed by atoms with van der Waals surface area (Å²) in [5.74, 6) is -3.42. The summed E-state index contributed by atoms with van der Waals surface area (Å²) < 4.78 is 23.1. The highest BCUT2D eigenvalue weighted by Gasteiger charge is 2.46. The molecule has 57 heavy (non-hydrogen) atoms. The van der Waals surface area contributed by atoms with Gasteiger partial charge in [-0.3, -0.25) is 24.2 Å². The van der Waals surface area contributed by atoms with Gasteiger partial charge in [-0.15, -0.1) is 0 Å². The number of carbonyl (C=O) groups excluding carboxylic acids is 4. The lowest BCUT2D eigenvalue weighted by Crippen LogP contribution is -2.57. The van der Waals surface area contributed by atoms with Crippen LogP contribution in [-0.4, -0.2) is 108 Å². The van der Waals surface area contributed by atoms with E-state index in [0.29, 0.717) is 35.8 Å². The van der Waals surface area contributed by atoms with Crippen molar-refractivity contribution in [2.75, 3.05) is 26.4 Å². The van der Waals surface area contributed by atoms with Gasteiger partial charge in [-0.1, -0.05) is 50.2 Å². The first kappa shape index (κ1) is 42.5. The number of amides is 3. The van der Waals surface area contributed by atoms with E-state index < -0.39 is 72.7 Å². The lowest BCUT2D eigenvalue weighted by molar-refractivity contribution is -0.146. The molecule has 3 amide bonds. The number of aliphatic hydroxyl groups is 1. The molecular formula is C40H52N6O11. The number of ether oxygens (including phenoxy) is 4. The summed E-state index contributed by atoms with van der Waals surface area (Å²) in [6.07, 6.45) is -0.128. The van der Waals surface area contributed by atoms with Gasteiger partial charge in [-0.05, 0) is 48.4 Å². The maximum atomic E-state index is 13.8. The van der Waals surface area contributed by atoms with Gasteiger partial charge < -0.3 is 56.6 Å². The Balaban J connectivity index is 1.20. The van der Waals surface area contributed by atoms with Crippen LogP contribution in [0.25, 0.3) is 5.57 Å². The van der Waals surface area contributed by atoms with Crippen LogP contribution >= 0.6 is 0 Å². The van der Waals surface area contributed by atoms with E-state index in [1.165, 1.54) is 6.26 Å². The van der Waals surface area contributed by atoms with Crippen LogP contribution in [0.1, 0.15) is 57.1 Å². The number of nitrogens with two attached hydrogens (primary N) is 2. The van der Waals surface area contributed by atoms with E-state index in [2.05, 4.69) is 20.9 Å². The molecule has 2 heterocycles. The molecule has 9 N–H and O–H groups in total. The fourth-order valence-electron chi connectivity index (χ4n) is 7.10.